The highest BCUT2D eigenvalue weighted by Gasteiger charge is 2.28. The smallest absolute Gasteiger partial charge is 0.244 e. The van der Waals surface area contributed by atoms with Crippen LogP contribution in [0.5, 0.6) is 0 Å². The van der Waals surface area contributed by atoms with Gasteiger partial charge in [-0.1, -0.05) is 26.2 Å². The van der Waals surface area contributed by atoms with Gasteiger partial charge in [0.15, 0.2) is 0 Å². The molecule has 2 atom stereocenters. The molecule has 6 heteroatoms. The highest BCUT2D eigenvalue weighted by molar-refractivity contribution is 7.89. The third kappa shape index (κ3) is 4.08. The predicted molar refractivity (Wildman–Crippen MR) is 82.6 cm³/mol. The molecule has 0 amide bonds. The first-order valence-electron chi connectivity index (χ1n) is 7.70. The average molecular weight is 314 g/mol. The van der Waals surface area contributed by atoms with Crippen LogP contribution in [0.1, 0.15) is 50.5 Å². The zero-order chi connectivity index (χ0) is 15.5. The van der Waals surface area contributed by atoms with Crippen LogP contribution in [0, 0.1) is 12.8 Å². The molecule has 0 spiro atoms. The summed E-state index contributed by atoms with van der Waals surface area (Å²) in [5.41, 5.74) is 0. The van der Waals surface area contributed by atoms with E-state index in [0.717, 1.165) is 19.3 Å². The molecular formula is C15H26N2O3S. The summed E-state index contributed by atoms with van der Waals surface area (Å²) in [6.45, 7) is 4.35. The molecule has 1 aliphatic rings. The van der Waals surface area contributed by atoms with Crippen molar-refractivity contribution >= 4 is 10.0 Å². The summed E-state index contributed by atoms with van der Waals surface area (Å²) in [7, 11) is -1.71. The van der Waals surface area contributed by atoms with Crippen LogP contribution in [-0.2, 0) is 16.6 Å². The third-order valence-electron chi connectivity index (χ3n) is 4.23. The first-order chi connectivity index (χ1) is 9.94. The number of hydrogen-bond acceptors (Lipinski definition) is 4. The van der Waals surface area contributed by atoms with Crippen molar-refractivity contribution in [2.75, 3.05) is 7.05 Å². The molecule has 0 bridgehead atoms. The summed E-state index contributed by atoms with van der Waals surface area (Å²) < 4.78 is 33.6. The molecule has 2 rings (SSSR count). The van der Waals surface area contributed by atoms with Crippen LogP contribution >= 0.6 is 0 Å². The van der Waals surface area contributed by atoms with Crippen molar-refractivity contribution in [3.05, 3.63) is 17.6 Å². The molecule has 1 aromatic rings. The SMILES string of the molecule is CNCc1cc(S(=O)(=O)NC2CCCCCC2C)c(C)o1. The van der Waals surface area contributed by atoms with Crippen molar-refractivity contribution in [2.45, 2.75) is 63.4 Å². The Bertz CT molecular complexity index is 565. The molecule has 1 aromatic heterocycles. The Morgan fingerprint density at radius 1 is 1.29 bits per heavy atom. The van der Waals surface area contributed by atoms with Crippen LogP contribution in [0.25, 0.3) is 0 Å². The second-order valence-corrected chi connectivity index (χ2v) is 7.69. The van der Waals surface area contributed by atoms with Crippen LogP contribution in [0.15, 0.2) is 15.4 Å². The Labute approximate surface area is 127 Å². The maximum atomic E-state index is 12.6. The summed E-state index contributed by atoms with van der Waals surface area (Å²) in [6.07, 6.45) is 5.48. The molecule has 0 radical (unpaired) electrons. The summed E-state index contributed by atoms with van der Waals surface area (Å²) in [5.74, 6) is 1.48. The minimum Gasteiger partial charge on any atom is -0.464 e. The molecule has 1 fully saturated rings. The molecular weight excluding hydrogens is 288 g/mol. The van der Waals surface area contributed by atoms with Gasteiger partial charge in [0.05, 0.1) is 6.54 Å². The minimum atomic E-state index is -3.51. The fourth-order valence-electron chi connectivity index (χ4n) is 2.98. The molecule has 0 aromatic carbocycles. The van der Waals surface area contributed by atoms with Gasteiger partial charge in [0.2, 0.25) is 10.0 Å². The largest absolute Gasteiger partial charge is 0.464 e. The van der Waals surface area contributed by atoms with E-state index in [4.69, 9.17) is 4.42 Å². The molecule has 120 valence electrons. The lowest BCUT2D eigenvalue weighted by molar-refractivity contribution is 0.399. The summed E-state index contributed by atoms with van der Waals surface area (Å²) >= 11 is 0. The van der Waals surface area contributed by atoms with Crippen molar-refractivity contribution in [3.8, 4) is 0 Å². The van der Waals surface area contributed by atoms with E-state index in [2.05, 4.69) is 17.0 Å². The lowest BCUT2D eigenvalue weighted by Gasteiger charge is -2.22. The number of rotatable bonds is 5. The first-order valence-corrected chi connectivity index (χ1v) is 9.18. The molecule has 2 N–H and O–H groups in total. The fourth-order valence-corrected chi connectivity index (χ4v) is 4.57. The zero-order valence-corrected chi connectivity index (χ0v) is 13.9. The van der Waals surface area contributed by atoms with Crippen molar-refractivity contribution in [2.24, 2.45) is 5.92 Å². The summed E-state index contributed by atoms with van der Waals surface area (Å²) in [4.78, 5) is 0.268. The van der Waals surface area contributed by atoms with Crippen molar-refractivity contribution in [3.63, 3.8) is 0 Å². The zero-order valence-electron chi connectivity index (χ0n) is 13.1. The molecule has 0 saturated heterocycles. The molecule has 0 aliphatic heterocycles. The van der Waals surface area contributed by atoms with Gasteiger partial charge in [-0.15, -0.1) is 0 Å². The quantitative estimate of drug-likeness (QED) is 0.819. The number of hydrogen-bond donors (Lipinski definition) is 2. The molecule has 1 aliphatic carbocycles. The van der Waals surface area contributed by atoms with Gasteiger partial charge in [0.1, 0.15) is 16.4 Å². The van der Waals surface area contributed by atoms with E-state index in [0.29, 0.717) is 24.0 Å². The van der Waals surface area contributed by atoms with Crippen LogP contribution in [0.4, 0.5) is 0 Å². The fraction of sp³-hybridized carbons (Fsp3) is 0.733. The monoisotopic (exact) mass is 314 g/mol. The highest BCUT2D eigenvalue weighted by atomic mass is 32.2. The van der Waals surface area contributed by atoms with Crippen molar-refractivity contribution in [1.82, 2.24) is 10.0 Å². The van der Waals surface area contributed by atoms with Gasteiger partial charge in [0.25, 0.3) is 0 Å². The number of aryl methyl sites for hydroxylation is 1. The van der Waals surface area contributed by atoms with E-state index in [1.165, 1.54) is 12.8 Å². The standard InChI is InChI=1S/C15H26N2O3S/c1-11-7-5-4-6-8-14(11)17-21(18,19)15-9-13(10-16-3)20-12(15)2/h9,11,14,16-17H,4-8,10H2,1-3H3. The minimum absolute atomic E-state index is 0.0274. The van der Waals surface area contributed by atoms with Crippen LogP contribution < -0.4 is 10.0 Å². The lowest BCUT2D eigenvalue weighted by Crippen LogP contribution is -2.38. The second-order valence-electron chi connectivity index (χ2n) is 6.01. The lowest BCUT2D eigenvalue weighted by atomic mass is 9.98. The predicted octanol–water partition coefficient (Wildman–Crippen LogP) is 2.55. The van der Waals surface area contributed by atoms with Gasteiger partial charge in [-0.2, -0.15) is 0 Å². The Kier molecular flexibility index (Phi) is 5.46. The van der Waals surface area contributed by atoms with Gasteiger partial charge < -0.3 is 9.73 Å². The molecule has 21 heavy (non-hydrogen) atoms. The summed E-state index contributed by atoms with van der Waals surface area (Å²) in [5, 5.41) is 2.96. The van der Waals surface area contributed by atoms with Crippen molar-refractivity contribution < 1.29 is 12.8 Å². The number of furan rings is 1. The van der Waals surface area contributed by atoms with Crippen LogP contribution in [0.3, 0.4) is 0 Å². The Morgan fingerprint density at radius 2 is 2.00 bits per heavy atom. The second kappa shape index (κ2) is 6.94. The topological polar surface area (TPSA) is 71.3 Å². The van der Waals surface area contributed by atoms with E-state index < -0.39 is 10.0 Å². The highest BCUT2D eigenvalue weighted by Crippen LogP contribution is 2.26. The average Bonchev–Trinajstić information content (AvgIpc) is 2.67. The third-order valence-corrected chi connectivity index (χ3v) is 5.83. The van der Waals surface area contributed by atoms with Gasteiger partial charge >= 0.3 is 0 Å². The number of sulfonamides is 1. The molecule has 2 unspecified atom stereocenters. The van der Waals surface area contributed by atoms with Crippen LogP contribution in [-0.4, -0.2) is 21.5 Å². The van der Waals surface area contributed by atoms with Gasteiger partial charge in [-0.25, -0.2) is 13.1 Å². The first kappa shape index (κ1) is 16.5. The van der Waals surface area contributed by atoms with E-state index in [1.807, 2.05) is 0 Å². The van der Waals surface area contributed by atoms with E-state index in [1.54, 1.807) is 20.0 Å². The van der Waals surface area contributed by atoms with Crippen molar-refractivity contribution in [1.29, 1.82) is 0 Å². The van der Waals surface area contributed by atoms with Gasteiger partial charge in [-0.3, -0.25) is 0 Å². The van der Waals surface area contributed by atoms with E-state index in [-0.39, 0.29) is 10.9 Å². The maximum Gasteiger partial charge on any atom is 0.244 e. The van der Waals surface area contributed by atoms with E-state index >= 15 is 0 Å². The Morgan fingerprint density at radius 3 is 2.71 bits per heavy atom. The van der Waals surface area contributed by atoms with E-state index in [9.17, 15) is 8.42 Å². The normalized spacial score (nSPS) is 24.0. The van der Waals surface area contributed by atoms with Gasteiger partial charge in [0, 0.05) is 12.1 Å². The maximum absolute atomic E-state index is 12.6. The molecule has 1 saturated carbocycles. The van der Waals surface area contributed by atoms with Gasteiger partial charge in [-0.05, 0) is 32.7 Å². The summed E-state index contributed by atoms with van der Waals surface area (Å²) in [6, 6.07) is 1.65. The van der Waals surface area contributed by atoms with Crippen LogP contribution in [0.2, 0.25) is 0 Å². The molecule has 5 nitrogen and oxygen atoms in total. The number of nitrogens with one attached hydrogen (secondary N) is 2. The Balaban J connectivity index is 2.17. The molecule has 1 heterocycles. The Hall–Kier alpha value is -0.850.